The summed E-state index contributed by atoms with van der Waals surface area (Å²) in [6, 6.07) is 16.7. The summed E-state index contributed by atoms with van der Waals surface area (Å²) in [5.41, 5.74) is 4.97. The van der Waals surface area contributed by atoms with Gasteiger partial charge in [0.2, 0.25) is 0 Å². The predicted octanol–water partition coefficient (Wildman–Crippen LogP) is 5.14. The molecular weight excluding hydrogens is 356 g/mol. The van der Waals surface area contributed by atoms with E-state index in [2.05, 4.69) is 24.3 Å². The molecule has 0 N–H and O–H groups in total. The predicted molar refractivity (Wildman–Crippen MR) is 111 cm³/mol. The van der Waals surface area contributed by atoms with Crippen LogP contribution in [0.1, 0.15) is 63.0 Å². The molecule has 0 amide bonds. The second-order valence-electron chi connectivity index (χ2n) is 7.70. The summed E-state index contributed by atoms with van der Waals surface area (Å²) < 4.78 is 23.6. The second-order valence-corrected chi connectivity index (χ2v) is 10.4. The van der Waals surface area contributed by atoms with Gasteiger partial charge < -0.3 is 0 Å². The van der Waals surface area contributed by atoms with Gasteiger partial charge in [-0.3, -0.25) is 4.79 Å². The van der Waals surface area contributed by atoms with Gasteiger partial charge in [-0.05, 0) is 48.9 Å². The first-order valence-electron chi connectivity index (χ1n) is 9.81. The zero-order valence-corrected chi connectivity index (χ0v) is 17.0. The Kier molecular flexibility index (Phi) is 6.15. The summed E-state index contributed by atoms with van der Waals surface area (Å²) in [4.78, 5) is 12.6. The first kappa shape index (κ1) is 19.8. The molecule has 2 aromatic rings. The zero-order valence-electron chi connectivity index (χ0n) is 16.1. The number of hydrogen-bond donors (Lipinski definition) is 0. The van der Waals surface area contributed by atoms with Crippen LogP contribution in [-0.4, -0.2) is 25.2 Å². The van der Waals surface area contributed by atoms with Crippen molar-refractivity contribution in [2.45, 2.75) is 57.1 Å². The molecule has 2 aromatic carbocycles. The molecule has 0 spiro atoms. The van der Waals surface area contributed by atoms with Crippen LogP contribution in [0.25, 0.3) is 11.1 Å². The first-order valence-corrected chi connectivity index (χ1v) is 11.5. The lowest BCUT2D eigenvalue weighted by atomic mass is 9.90. The van der Waals surface area contributed by atoms with Crippen molar-refractivity contribution in [2.24, 2.45) is 0 Å². The molecular formula is C23H28O3S. The van der Waals surface area contributed by atoms with Gasteiger partial charge in [0.1, 0.15) is 5.78 Å². The summed E-state index contributed by atoms with van der Waals surface area (Å²) in [5.74, 6) is 0.631. The minimum Gasteiger partial charge on any atom is -0.300 e. The number of fused-ring (bicyclic) bond motifs is 3. The molecule has 0 bridgehead atoms. The van der Waals surface area contributed by atoms with Crippen LogP contribution in [-0.2, 0) is 14.6 Å². The van der Waals surface area contributed by atoms with Gasteiger partial charge in [-0.2, -0.15) is 0 Å². The van der Waals surface area contributed by atoms with Gasteiger partial charge in [0.25, 0.3) is 0 Å². The fourth-order valence-corrected chi connectivity index (χ4v) is 4.93. The number of hydrogen-bond acceptors (Lipinski definition) is 3. The van der Waals surface area contributed by atoms with Crippen molar-refractivity contribution >= 4 is 15.6 Å². The van der Waals surface area contributed by atoms with Crippen LogP contribution in [0.2, 0.25) is 0 Å². The number of unbranched alkanes of at least 4 members (excludes halogenated alkanes) is 2. The molecule has 3 nitrogen and oxygen atoms in total. The molecule has 0 saturated heterocycles. The highest BCUT2D eigenvalue weighted by Crippen LogP contribution is 2.46. The van der Waals surface area contributed by atoms with Crippen LogP contribution in [0.4, 0.5) is 0 Å². The minimum absolute atomic E-state index is 0.145. The number of carbonyl (C=O) groups excluding carboxylic acids is 1. The number of ketones is 1. The molecule has 0 unspecified atom stereocenters. The number of sulfone groups is 1. The molecule has 0 aliphatic heterocycles. The van der Waals surface area contributed by atoms with E-state index >= 15 is 0 Å². The standard InChI is InChI=1S/C23H28O3S/c1-17(2)27(25,26)15-9-3-4-10-18(24)16-23-21-13-7-5-11-19(21)20-12-6-8-14-22(20)23/h5-8,11-14,17,23H,3-4,9-10,15-16H2,1-2H3. The molecule has 0 heterocycles. The first-order chi connectivity index (χ1) is 12.9. The number of Topliss-reactive ketones (excluding diaryl/α,β-unsaturated/α-hetero) is 1. The zero-order chi connectivity index (χ0) is 19.4. The average Bonchev–Trinajstić information content (AvgIpc) is 2.96. The van der Waals surface area contributed by atoms with Crippen LogP contribution < -0.4 is 0 Å². The molecule has 1 aliphatic rings. The molecule has 4 heteroatoms. The quantitative estimate of drug-likeness (QED) is 0.562. The topological polar surface area (TPSA) is 51.2 Å². The van der Waals surface area contributed by atoms with Gasteiger partial charge in [0.05, 0.1) is 11.0 Å². The van der Waals surface area contributed by atoms with Crippen molar-refractivity contribution in [1.29, 1.82) is 0 Å². The molecule has 0 fully saturated rings. The van der Waals surface area contributed by atoms with Gasteiger partial charge in [-0.25, -0.2) is 8.42 Å². The van der Waals surface area contributed by atoms with E-state index in [-0.39, 0.29) is 22.7 Å². The molecule has 3 rings (SSSR count). The SMILES string of the molecule is CC(C)S(=O)(=O)CCCCCC(=O)CC1c2ccccc2-c2ccccc21. The third-order valence-corrected chi connectivity index (χ3v) is 7.79. The summed E-state index contributed by atoms with van der Waals surface area (Å²) in [6.45, 7) is 3.44. The molecule has 0 aromatic heterocycles. The Labute approximate surface area is 162 Å². The third kappa shape index (κ3) is 4.49. The fraction of sp³-hybridized carbons (Fsp3) is 0.435. The lowest BCUT2D eigenvalue weighted by Crippen LogP contribution is -2.17. The maximum absolute atomic E-state index is 12.6. The Balaban J connectivity index is 1.54. The highest BCUT2D eigenvalue weighted by atomic mass is 32.2. The maximum Gasteiger partial charge on any atom is 0.152 e. The van der Waals surface area contributed by atoms with Crippen LogP contribution in [0.5, 0.6) is 0 Å². The van der Waals surface area contributed by atoms with Crippen molar-refractivity contribution in [3.8, 4) is 11.1 Å². The number of carbonyl (C=O) groups is 1. The van der Waals surface area contributed by atoms with E-state index in [0.717, 1.165) is 12.8 Å². The van der Waals surface area contributed by atoms with E-state index in [0.29, 0.717) is 19.3 Å². The van der Waals surface area contributed by atoms with E-state index in [1.165, 1.54) is 22.3 Å². The summed E-state index contributed by atoms with van der Waals surface area (Å²) >= 11 is 0. The molecule has 144 valence electrons. The molecule has 0 atom stereocenters. The minimum atomic E-state index is -2.97. The maximum atomic E-state index is 12.6. The largest absolute Gasteiger partial charge is 0.300 e. The Hall–Kier alpha value is -1.94. The molecule has 1 aliphatic carbocycles. The second kappa shape index (κ2) is 8.39. The molecule has 0 radical (unpaired) electrons. The van der Waals surface area contributed by atoms with Crippen molar-refractivity contribution in [3.63, 3.8) is 0 Å². The van der Waals surface area contributed by atoms with Crippen LogP contribution in [0, 0.1) is 0 Å². The Morgan fingerprint density at radius 1 is 0.889 bits per heavy atom. The van der Waals surface area contributed by atoms with Crippen LogP contribution >= 0.6 is 0 Å². The van der Waals surface area contributed by atoms with E-state index in [1.54, 1.807) is 13.8 Å². The lowest BCUT2D eigenvalue weighted by molar-refractivity contribution is -0.119. The number of benzene rings is 2. The Morgan fingerprint density at radius 3 is 2.00 bits per heavy atom. The van der Waals surface area contributed by atoms with Crippen molar-refractivity contribution in [2.75, 3.05) is 5.75 Å². The Bertz CT molecular complexity index is 867. The van der Waals surface area contributed by atoms with E-state index in [4.69, 9.17) is 0 Å². The van der Waals surface area contributed by atoms with Crippen molar-refractivity contribution in [1.82, 2.24) is 0 Å². The van der Waals surface area contributed by atoms with Gasteiger partial charge in [0, 0.05) is 18.8 Å². The van der Waals surface area contributed by atoms with Gasteiger partial charge >= 0.3 is 0 Å². The smallest absolute Gasteiger partial charge is 0.152 e. The van der Waals surface area contributed by atoms with Crippen LogP contribution in [0.3, 0.4) is 0 Å². The summed E-state index contributed by atoms with van der Waals surface area (Å²) in [6.07, 6.45) is 3.25. The van der Waals surface area contributed by atoms with Gasteiger partial charge in [-0.1, -0.05) is 55.0 Å². The van der Waals surface area contributed by atoms with Crippen LogP contribution in [0.15, 0.2) is 48.5 Å². The van der Waals surface area contributed by atoms with Crippen molar-refractivity contribution < 1.29 is 13.2 Å². The van der Waals surface area contributed by atoms with Gasteiger partial charge in [0.15, 0.2) is 9.84 Å². The average molecular weight is 385 g/mol. The summed E-state index contributed by atoms with van der Waals surface area (Å²) in [7, 11) is -2.97. The normalized spacial score (nSPS) is 13.6. The third-order valence-electron chi connectivity index (χ3n) is 5.50. The number of rotatable bonds is 9. The highest BCUT2D eigenvalue weighted by Gasteiger charge is 2.29. The lowest BCUT2D eigenvalue weighted by Gasteiger charge is -2.13. The monoisotopic (exact) mass is 384 g/mol. The molecule has 0 saturated carbocycles. The van der Waals surface area contributed by atoms with E-state index in [1.807, 2.05) is 24.3 Å². The highest BCUT2D eigenvalue weighted by molar-refractivity contribution is 7.91. The van der Waals surface area contributed by atoms with Gasteiger partial charge in [-0.15, -0.1) is 0 Å². The Morgan fingerprint density at radius 2 is 1.44 bits per heavy atom. The summed E-state index contributed by atoms with van der Waals surface area (Å²) in [5, 5.41) is -0.318. The van der Waals surface area contributed by atoms with Crippen molar-refractivity contribution in [3.05, 3.63) is 59.7 Å². The van der Waals surface area contributed by atoms with E-state index in [9.17, 15) is 13.2 Å². The fourth-order valence-electron chi connectivity index (χ4n) is 3.85. The van der Waals surface area contributed by atoms with E-state index < -0.39 is 9.84 Å². The molecule has 27 heavy (non-hydrogen) atoms.